The van der Waals surface area contributed by atoms with Crippen LogP contribution in [-0.4, -0.2) is 27.6 Å². The van der Waals surface area contributed by atoms with E-state index in [1.54, 1.807) is 25.1 Å². The molecule has 0 fully saturated rings. The molecule has 2 N–H and O–H groups in total. The van der Waals surface area contributed by atoms with Crippen LogP contribution < -0.4 is 5.73 Å². The van der Waals surface area contributed by atoms with Crippen molar-refractivity contribution in [3.63, 3.8) is 0 Å². The zero-order chi connectivity index (χ0) is 14.0. The molecular formula is C11H10Cl2N4O2. The van der Waals surface area contributed by atoms with Crippen molar-refractivity contribution in [3.8, 4) is 5.69 Å². The molecule has 0 amide bonds. The van der Waals surface area contributed by atoms with E-state index in [1.165, 1.54) is 4.68 Å². The molecule has 0 atom stereocenters. The Morgan fingerprint density at radius 2 is 2.16 bits per heavy atom. The summed E-state index contributed by atoms with van der Waals surface area (Å²) in [7, 11) is 0. The predicted molar refractivity (Wildman–Crippen MR) is 71.7 cm³/mol. The van der Waals surface area contributed by atoms with Gasteiger partial charge in [0.25, 0.3) is 0 Å². The first-order valence-electron chi connectivity index (χ1n) is 5.38. The van der Waals surface area contributed by atoms with Gasteiger partial charge in [0.05, 0.1) is 22.3 Å². The molecule has 19 heavy (non-hydrogen) atoms. The van der Waals surface area contributed by atoms with Crippen molar-refractivity contribution in [2.24, 2.45) is 0 Å². The van der Waals surface area contributed by atoms with Gasteiger partial charge >= 0.3 is 5.97 Å². The van der Waals surface area contributed by atoms with Gasteiger partial charge in [-0.1, -0.05) is 28.4 Å². The van der Waals surface area contributed by atoms with Crippen molar-refractivity contribution in [2.75, 3.05) is 12.3 Å². The minimum absolute atomic E-state index is 0.0343. The van der Waals surface area contributed by atoms with Gasteiger partial charge in [-0.05, 0) is 25.1 Å². The maximum absolute atomic E-state index is 11.6. The van der Waals surface area contributed by atoms with Crippen molar-refractivity contribution in [1.82, 2.24) is 15.0 Å². The largest absolute Gasteiger partial charge is 0.461 e. The number of ether oxygens (including phenoxy) is 1. The lowest BCUT2D eigenvalue weighted by Crippen LogP contribution is -2.09. The van der Waals surface area contributed by atoms with Gasteiger partial charge in [-0.15, -0.1) is 5.10 Å². The number of aromatic nitrogens is 3. The fourth-order valence-electron chi connectivity index (χ4n) is 1.44. The van der Waals surface area contributed by atoms with E-state index in [0.717, 1.165) is 0 Å². The summed E-state index contributed by atoms with van der Waals surface area (Å²) in [6.07, 6.45) is 0. The van der Waals surface area contributed by atoms with Crippen LogP contribution in [0.2, 0.25) is 10.0 Å². The Morgan fingerprint density at radius 3 is 2.79 bits per heavy atom. The standard InChI is InChI=1S/C11H10Cl2N4O2/c1-2-19-11(18)9-10(14)17(16-15-9)6-3-4-7(12)8(13)5-6/h3-5H,2,14H2,1H3. The van der Waals surface area contributed by atoms with Crippen LogP contribution in [0.5, 0.6) is 0 Å². The smallest absolute Gasteiger partial charge is 0.362 e. The number of nitrogen functional groups attached to an aromatic ring is 1. The topological polar surface area (TPSA) is 83.0 Å². The van der Waals surface area contributed by atoms with E-state index in [0.29, 0.717) is 15.7 Å². The first kappa shape index (κ1) is 13.6. The van der Waals surface area contributed by atoms with Crippen molar-refractivity contribution < 1.29 is 9.53 Å². The molecule has 2 aromatic rings. The van der Waals surface area contributed by atoms with E-state index in [1.807, 2.05) is 0 Å². The van der Waals surface area contributed by atoms with Crippen LogP contribution in [0.15, 0.2) is 18.2 Å². The van der Waals surface area contributed by atoms with E-state index in [4.69, 9.17) is 33.7 Å². The molecule has 0 radical (unpaired) electrons. The number of benzene rings is 1. The molecule has 0 unspecified atom stereocenters. The number of nitrogens with zero attached hydrogens (tertiary/aromatic N) is 3. The summed E-state index contributed by atoms with van der Waals surface area (Å²) in [6.45, 7) is 1.93. The fraction of sp³-hybridized carbons (Fsp3) is 0.182. The predicted octanol–water partition coefficient (Wildman–Crippen LogP) is 2.33. The third kappa shape index (κ3) is 2.64. The normalized spacial score (nSPS) is 10.5. The average molecular weight is 301 g/mol. The lowest BCUT2D eigenvalue weighted by atomic mass is 10.3. The van der Waals surface area contributed by atoms with Gasteiger partial charge in [0.1, 0.15) is 0 Å². The Balaban J connectivity index is 2.41. The van der Waals surface area contributed by atoms with Gasteiger partial charge in [-0.3, -0.25) is 0 Å². The van der Waals surface area contributed by atoms with E-state index < -0.39 is 5.97 Å². The maximum Gasteiger partial charge on any atom is 0.362 e. The molecule has 1 aromatic heterocycles. The molecule has 0 spiro atoms. The first-order valence-corrected chi connectivity index (χ1v) is 6.14. The second kappa shape index (κ2) is 5.46. The second-order valence-electron chi connectivity index (χ2n) is 3.55. The first-order chi connectivity index (χ1) is 9.04. The summed E-state index contributed by atoms with van der Waals surface area (Å²) in [5.41, 5.74) is 6.33. The van der Waals surface area contributed by atoms with E-state index in [2.05, 4.69) is 10.3 Å². The summed E-state index contributed by atoms with van der Waals surface area (Å²) in [5, 5.41) is 8.26. The van der Waals surface area contributed by atoms with Crippen molar-refractivity contribution in [1.29, 1.82) is 0 Å². The summed E-state index contributed by atoms with van der Waals surface area (Å²) >= 11 is 11.7. The lowest BCUT2D eigenvalue weighted by molar-refractivity contribution is 0.0520. The molecule has 100 valence electrons. The molecule has 2 rings (SSSR count). The van der Waals surface area contributed by atoms with E-state index in [-0.39, 0.29) is 18.1 Å². The van der Waals surface area contributed by atoms with Crippen LogP contribution in [0.3, 0.4) is 0 Å². The van der Waals surface area contributed by atoms with E-state index >= 15 is 0 Å². The highest BCUT2D eigenvalue weighted by Gasteiger charge is 2.19. The van der Waals surface area contributed by atoms with Gasteiger partial charge in [-0.25, -0.2) is 4.79 Å². The number of carbonyl (C=O) groups excluding carboxylic acids is 1. The monoisotopic (exact) mass is 300 g/mol. The average Bonchev–Trinajstić information content (AvgIpc) is 2.75. The van der Waals surface area contributed by atoms with Crippen LogP contribution in [-0.2, 0) is 4.74 Å². The lowest BCUT2D eigenvalue weighted by Gasteiger charge is -2.04. The number of rotatable bonds is 3. The third-order valence-electron chi connectivity index (χ3n) is 2.32. The Hall–Kier alpha value is -1.79. The molecule has 8 heteroatoms. The fourth-order valence-corrected chi connectivity index (χ4v) is 1.73. The summed E-state index contributed by atoms with van der Waals surface area (Å²) in [6, 6.07) is 4.84. The molecule has 0 aliphatic carbocycles. The number of carbonyl (C=O) groups is 1. The summed E-state index contributed by atoms with van der Waals surface area (Å²) in [5.74, 6) is -0.539. The highest BCUT2D eigenvalue weighted by atomic mass is 35.5. The molecule has 0 aliphatic heterocycles. The van der Waals surface area contributed by atoms with Crippen LogP contribution in [0.4, 0.5) is 5.82 Å². The molecule has 0 bridgehead atoms. The molecule has 0 aliphatic rings. The minimum Gasteiger partial charge on any atom is -0.461 e. The van der Waals surface area contributed by atoms with Gasteiger partial charge in [-0.2, -0.15) is 4.68 Å². The number of hydrogen-bond acceptors (Lipinski definition) is 5. The highest BCUT2D eigenvalue weighted by Crippen LogP contribution is 2.25. The van der Waals surface area contributed by atoms with Crippen molar-refractivity contribution in [3.05, 3.63) is 33.9 Å². The number of nitrogens with two attached hydrogens (primary N) is 1. The van der Waals surface area contributed by atoms with Gasteiger partial charge in [0.15, 0.2) is 5.82 Å². The quantitative estimate of drug-likeness (QED) is 0.880. The minimum atomic E-state index is -0.619. The van der Waals surface area contributed by atoms with Crippen molar-refractivity contribution >= 4 is 35.0 Å². The molecular weight excluding hydrogens is 291 g/mol. The van der Waals surface area contributed by atoms with Gasteiger partial charge in [0, 0.05) is 0 Å². The van der Waals surface area contributed by atoms with Crippen LogP contribution in [0, 0.1) is 0 Å². The van der Waals surface area contributed by atoms with Crippen LogP contribution in [0.1, 0.15) is 17.4 Å². The Labute approximate surface area is 119 Å². The SMILES string of the molecule is CCOC(=O)c1nnn(-c2ccc(Cl)c(Cl)c2)c1N. The van der Waals surface area contributed by atoms with Gasteiger partial charge in [0.2, 0.25) is 5.69 Å². The van der Waals surface area contributed by atoms with E-state index in [9.17, 15) is 4.79 Å². The van der Waals surface area contributed by atoms with Crippen molar-refractivity contribution in [2.45, 2.75) is 6.92 Å². The number of esters is 1. The molecule has 0 saturated carbocycles. The summed E-state index contributed by atoms with van der Waals surface area (Å²) in [4.78, 5) is 11.6. The summed E-state index contributed by atoms with van der Waals surface area (Å²) < 4.78 is 6.11. The Bertz CT molecular complexity index is 627. The molecule has 1 aromatic carbocycles. The molecule has 1 heterocycles. The zero-order valence-corrected chi connectivity index (χ0v) is 11.4. The third-order valence-corrected chi connectivity index (χ3v) is 3.06. The zero-order valence-electron chi connectivity index (χ0n) is 9.93. The van der Waals surface area contributed by atoms with Gasteiger partial charge < -0.3 is 10.5 Å². The Morgan fingerprint density at radius 1 is 1.42 bits per heavy atom. The van der Waals surface area contributed by atoms with Crippen LogP contribution in [0.25, 0.3) is 5.69 Å². The number of hydrogen-bond donors (Lipinski definition) is 1. The molecule has 0 saturated heterocycles. The number of anilines is 1. The van der Waals surface area contributed by atoms with Crippen LogP contribution >= 0.6 is 23.2 Å². The second-order valence-corrected chi connectivity index (χ2v) is 4.37. The Kier molecular flexibility index (Phi) is 3.92. The number of halogens is 2. The molecule has 6 nitrogen and oxygen atoms in total. The highest BCUT2D eigenvalue weighted by molar-refractivity contribution is 6.42. The maximum atomic E-state index is 11.6.